The molecule has 8 nitrogen and oxygen atoms in total. The van der Waals surface area contributed by atoms with Crippen molar-refractivity contribution in [2.75, 3.05) is 31.1 Å². The molecule has 204 valence electrons. The number of anilines is 1. The van der Waals surface area contributed by atoms with Gasteiger partial charge in [-0.1, -0.05) is 60.2 Å². The summed E-state index contributed by atoms with van der Waals surface area (Å²) in [6.45, 7) is 2.89. The highest BCUT2D eigenvalue weighted by Crippen LogP contribution is 2.35. The van der Waals surface area contributed by atoms with E-state index in [4.69, 9.17) is 4.74 Å². The van der Waals surface area contributed by atoms with E-state index >= 15 is 0 Å². The maximum atomic E-state index is 13.9. The number of nitrogens with one attached hydrogen (secondary N) is 1. The first-order chi connectivity index (χ1) is 18.8. The zero-order valence-electron chi connectivity index (χ0n) is 22.0. The summed E-state index contributed by atoms with van der Waals surface area (Å²) in [4.78, 5) is 28.7. The van der Waals surface area contributed by atoms with Crippen LogP contribution >= 0.6 is 0 Å². The summed E-state index contributed by atoms with van der Waals surface area (Å²) < 4.78 is 34.0. The number of fused-ring (bicyclic) bond motifs is 1. The van der Waals surface area contributed by atoms with Gasteiger partial charge in [0.05, 0.1) is 23.0 Å². The molecule has 1 saturated heterocycles. The number of aryl methyl sites for hydroxylation is 1. The van der Waals surface area contributed by atoms with E-state index in [0.29, 0.717) is 43.8 Å². The maximum Gasteiger partial charge on any atom is 0.262 e. The fourth-order valence-electron chi connectivity index (χ4n) is 5.11. The van der Waals surface area contributed by atoms with Crippen LogP contribution in [0.15, 0.2) is 83.8 Å². The van der Waals surface area contributed by atoms with Crippen LogP contribution in [0.4, 0.5) is 5.69 Å². The first kappa shape index (κ1) is 26.9. The van der Waals surface area contributed by atoms with Crippen LogP contribution < -0.4 is 15.0 Å². The summed E-state index contributed by atoms with van der Waals surface area (Å²) in [6, 6.07) is 23.8. The number of carbonyl (C=O) groups excluding carboxylic acids is 2. The minimum Gasteiger partial charge on any atom is -0.477 e. The Morgan fingerprint density at radius 1 is 0.949 bits per heavy atom. The first-order valence-electron chi connectivity index (χ1n) is 13.3. The average molecular weight is 548 g/mol. The molecule has 2 atom stereocenters. The third-order valence-electron chi connectivity index (χ3n) is 7.28. The number of rotatable bonds is 7. The molecule has 0 unspecified atom stereocenters. The van der Waals surface area contributed by atoms with E-state index in [1.54, 1.807) is 47.4 Å². The minimum atomic E-state index is -3.72. The molecular weight excluding hydrogens is 514 g/mol. The Morgan fingerprint density at radius 2 is 1.67 bits per heavy atom. The van der Waals surface area contributed by atoms with E-state index in [1.807, 2.05) is 43.3 Å². The molecular formula is C30H33N3O5S. The third kappa shape index (κ3) is 5.99. The fraction of sp³-hybridized carbons (Fsp3) is 0.333. The molecule has 3 aromatic rings. The lowest BCUT2D eigenvalue weighted by Gasteiger charge is -2.38. The lowest BCUT2D eigenvalue weighted by atomic mass is 9.97. The van der Waals surface area contributed by atoms with Gasteiger partial charge in [0.15, 0.2) is 6.10 Å². The zero-order chi connectivity index (χ0) is 27.4. The highest BCUT2D eigenvalue weighted by molar-refractivity contribution is 7.89. The van der Waals surface area contributed by atoms with Crippen molar-refractivity contribution in [2.45, 2.75) is 37.2 Å². The molecule has 0 bridgehead atoms. The monoisotopic (exact) mass is 547 g/mol. The van der Waals surface area contributed by atoms with Crippen molar-refractivity contribution in [3.05, 3.63) is 90.0 Å². The first-order valence-corrected chi connectivity index (χ1v) is 14.7. The van der Waals surface area contributed by atoms with Crippen LogP contribution in [0.3, 0.4) is 0 Å². The molecule has 3 aromatic carbocycles. The number of ether oxygens (including phenoxy) is 1. The molecule has 0 saturated carbocycles. The van der Waals surface area contributed by atoms with Crippen molar-refractivity contribution in [3.8, 4) is 5.75 Å². The summed E-state index contributed by atoms with van der Waals surface area (Å²) in [5.74, 6) is -0.547. The molecule has 2 aliphatic heterocycles. The van der Waals surface area contributed by atoms with Crippen molar-refractivity contribution >= 4 is 27.5 Å². The fourth-order valence-corrected chi connectivity index (χ4v) is 6.63. The van der Waals surface area contributed by atoms with Gasteiger partial charge in [0, 0.05) is 19.6 Å². The number of piperidine rings is 1. The third-order valence-corrected chi connectivity index (χ3v) is 9.16. The van der Waals surface area contributed by atoms with Gasteiger partial charge in [-0.2, -0.15) is 4.31 Å². The zero-order valence-corrected chi connectivity index (χ0v) is 22.8. The number of benzene rings is 3. The molecule has 2 heterocycles. The molecule has 9 heteroatoms. The summed E-state index contributed by atoms with van der Waals surface area (Å²) in [5.41, 5.74) is 2.69. The van der Waals surface area contributed by atoms with E-state index < -0.39 is 22.0 Å². The predicted octanol–water partition coefficient (Wildman–Crippen LogP) is 3.55. The second-order valence-electron chi connectivity index (χ2n) is 10.1. The van der Waals surface area contributed by atoms with Crippen LogP contribution in [0.2, 0.25) is 0 Å². The van der Waals surface area contributed by atoms with Gasteiger partial charge >= 0.3 is 0 Å². The lowest BCUT2D eigenvalue weighted by molar-refractivity contribution is -0.129. The lowest BCUT2D eigenvalue weighted by Crippen LogP contribution is -2.54. The van der Waals surface area contributed by atoms with Crippen molar-refractivity contribution in [1.29, 1.82) is 0 Å². The highest BCUT2D eigenvalue weighted by Gasteiger charge is 2.39. The van der Waals surface area contributed by atoms with Gasteiger partial charge < -0.3 is 15.0 Å². The molecule has 2 aliphatic rings. The topological polar surface area (TPSA) is 96.0 Å². The average Bonchev–Trinajstić information content (AvgIpc) is 2.97. The minimum absolute atomic E-state index is 0.0637. The Balaban J connectivity index is 1.29. The smallest absolute Gasteiger partial charge is 0.262 e. The summed E-state index contributed by atoms with van der Waals surface area (Å²) in [5, 5.41) is 2.93. The predicted molar refractivity (Wildman–Crippen MR) is 149 cm³/mol. The molecule has 39 heavy (non-hydrogen) atoms. The SMILES string of the molecule is Cc1ccc(S(=O)(=O)N2CCC[C@@H](C(=O)N3C[C@@H](C(=O)NCCc4ccccc4)Oc4ccccc43)C2)cc1. The molecule has 0 spiro atoms. The van der Waals surface area contributed by atoms with Crippen molar-refractivity contribution < 1.29 is 22.7 Å². The molecule has 0 radical (unpaired) electrons. The quantitative estimate of drug-likeness (QED) is 0.488. The van der Waals surface area contributed by atoms with Crippen LogP contribution in [0.1, 0.15) is 24.0 Å². The van der Waals surface area contributed by atoms with Crippen molar-refractivity contribution in [2.24, 2.45) is 5.92 Å². The van der Waals surface area contributed by atoms with Crippen molar-refractivity contribution in [3.63, 3.8) is 0 Å². The number of amides is 2. The number of nitrogens with zero attached hydrogens (tertiary/aromatic N) is 2. The number of hydrogen-bond acceptors (Lipinski definition) is 5. The summed E-state index contributed by atoms with van der Waals surface area (Å²) >= 11 is 0. The van der Waals surface area contributed by atoms with Gasteiger partial charge in [-0.3, -0.25) is 9.59 Å². The van der Waals surface area contributed by atoms with Gasteiger partial charge in [0.1, 0.15) is 5.75 Å². The number of para-hydroxylation sites is 2. The largest absolute Gasteiger partial charge is 0.477 e. The Hall–Kier alpha value is -3.69. The van der Waals surface area contributed by atoms with Crippen LogP contribution in [-0.2, 0) is 26.0 Å². The number of carbonyl (C=O) groups is 2. The highest BCUT2D eigenvalue weighted by atomic mass is 32.2. The summed E-state index contributed by atoms with van der Waals surface area (Å²) in [7, 11) is -3.72. The van der Waals surface area contributed by atoms with E-state index in [-0.39, 0.29) is 29.8 Å². The van der Waals surface area contributed by atoms with Crippen LogP contribution in [0.25, 0.3) is 0 Å². The maximum absolute atomic E-state index is 13.9. The Labute approximate surface area is 229 Å². The number of hydrogen-bond donors (Lipinski definition) is 1. The van der Waals surface area contributed by atoms with E-state index in [2.05, 4.69) is 5.32 Å². The standard InChI is InChI=1S/C30H33N3O5S/c1-22-13-15-25(16-14-22)39(36,37)32-19-7-10-24(20-32)30(35)33-21-28(38-27-12-6-5-11-26(27)33)29(34)31-18-17-23-8-3-2-4-9-23/h2-6,8-9,11-16,24,28H,7,10,17-21H2,1H3,(H,31,34)/t24-,28+/m1/s1. The van der Waals surface area contributed by atoms with Crippen LogP contribution in [0, 0.1) is 12.8 Å². The van der Waals surface area contributed by atoms with Gasteiger partial charge in [0.2, 0.25) is 15.9 Å². The van der Waals surface area contributed by atoms with Crippen molar-refractivity contribution in [1.82, 2.24) is 9.62 Å². The van der Waals surface area contributed by atoms with Gasteiger partial charge in [0.25, 0.3) is 5.91 Å². The molecule has 5 rings (SSSR count). The second kappa shape index (κ2) is 11.6. The Kier molecular flexibility index (Phi) is 7.99. The number of sulfonamides is 1. The van der Waals surface area contributed by atoms with E-state index in [1.165, 1.54) is 4.31 Å². The van der Waals surface area contributed by atoms with Gasteiger partial charge in [-0.05, 0) is 56.0 Å². The molecule has 0 aliphatic carbocycles. The van der Waals surface area contributed by atoms with Gasteiger partial charge in [-0.25, -0.2) is 8.42 Å². The molecule has 2 amide bonds. The van der Waals surface area contributed by atoms with Gasteiger partial charge in [-0.15, -0.1) is 0 Å². The van der Waals surface area contributed by atoms with E-state index in [9.17, 15) is 18.0 Å². The molecule has 0 aromatic heterocycles. The van der Waals surface area contributed by atoms with Crippen LogP contribution in [0.5, 0.6) is 5.75 Å². The Morgan fingerprint density at radius 3 is 2.44 bits per heavy atom. The Bertz CT molecular complexity index is 1430. The summed E-state index contributed by atoms with van der Waals surface area (Å²) in [6.07, 6.45) is 0.977. The van der Waals surface area contributed by atoms with Crippen LogP contribution in [-0.4, -0.2) is 56.8 Å². The normalized spacial score (nSPS) is 19.6. The van der Waals surface area contributed by atoms with E-state index in [0.717, 1.165) is 11.1 Å². The molecule has 1 fully saturated rings. The molecule has 1 N–H and O–H groups in total. The second-order valence-corrected chi connectivity index (χ2v) is 12.0.